The smallest absolute Gasteiger partial charge is 0.00902 e. The number of fused-ring (bicyclic) bond motifs is 5. The van der Waals surface area contributed by atoms with E-state index in [0.717, 1.165) is 35.5 Å². The summed E-state index contributed by atoms with van der Waals surface area (Å²) >= 11 is 0. The number of allylic oxidation sites excluding steroid dienone is 5. The van der Waals surface area contributed by atoms with Crippen LogP contribution in [0.4, 0.5) is 0 Å². The second-order valence-electron chi connectivity index (χ2n) is 9.56. The molecule has 0 saturated heterocycles. The van der Waals surface area contributed by atoms with Crippen LogP contribution in [-0.2, 0) is 0 Å². The summed E-state index contributed by atoms with van der Waals surface area (Å²) in [7, 11) is 0. The van der Waals surface area contributed by atoms with E-state index in [-0.39, 0.29) is 0 Å². The lowest BCUT2D eigenvalue weighted by atomic mass is 9.74. The van der Waals surface area contributed by atoms with Gasteiger partial charge in [0.1, 0.15) is 0 Å². The van der Waals surface area contributed by atoms with E-state index in [2.05, 4.69) is 48.6 Å². The molecule has 0 N–H and O–H groups in total. The van der Waals surface area contributed by atoms with Gasteiger partial charge in [0.2, 0.25) is 0 Å². The van der Waals surface area contributed by atoms with Crippen molar-refractivity contribution in [1.29, 1.82) is 0 Å². The van der Waals surface area contributed by atoms with E-state index < -0.39 is 0 Å². The monoisotopic (exact) mass is 342 g/mol. The number of benzene rings is 1. The molecule has 26 heavy (non-hydrogen) atoms. The molecule has 0 heteroatoms. The molecule has 6 unspecified atom stereocenters. The van der Waals surface area contributed by atoms with Crippen LogP contribution in [0.2, 0.25) is 0 Å². The van der Waals surface area contributed by atoms with Crippen molar-refractivity contribution in [2.45, 2.75) is 57.3 Å². The Morgan fingerprint density at radius 2 is 1.62 bits per heavy atom. The fraction of sp³-hybridized carbons (Fsp3) is 0.538. The minimum atomic E-state index is 0.796. The Morgan fingerprint density at radius 1 is 0.808 bits per heavy atom. The lowest BCUT2D eigenvalue weighted by molar-refractivity contribution is 0.291. The van der Waals surface area contributed by atoms with E-state index in [1.54, 1.807) is 16.7 Å². The summed E-state index contributed by atoms with van der Waals surface area (Å²) in [6.07, 6.45) is 21.8. The molecule has 0 spiro atoms. The zero-order valence-corrected chi connectivity index (χ0v) is 15.7. The molecule has 5 aliphatic carbocycles. The summed E-state index contributed by atoms with van der Waals surface area (Å²) in [5.41, 5.74) is 6.56. The predicted molar refractivity (Wildman–Crippen MR) is 109 cm³/mol. The molecule has 1 aromatic rings. The molecule has 6 atom stereocenters. The second kappa shape index (κ2) is 5.98. The number of rotatable bonds is 2. The van der Waals surface area contributed by atoms with Gasteiger partial charge in [0.05, 0.1) is 0 Å². The topological polar surface area (TPSA) is 0 Å². The van der Waals surface area contributed by atoms with Crippen molar-refractivity contribution in [3.63, 3.8) is 0 Å². The van der Waals surface area contributed by atoms with Crippen molar-refractivity contribution in [3.05, 3.63) is 64.8 Å². The van der Waals surface area contributed by atoms with E-state index in [9.17, 15) is 0 Å². The van der Waals surface area contributed by atoms with Crippen LogP contribution in [-0.4, -0.2) is 0 Å². The van der Waals surface area contributed by atoms with Crippen LogP contribution < -0.4 is 0 Å². The third-order valence-corrected chi connectivity index (χ3v) is 8.38. The SMILES string of the molecule is C1=CC2C(CC3CCC4C=C5CCCC5=CC43)CCC2c2ccccc21. The van der Waals surface area contributed by atoms with Gasteiger partial charge in [-0.15, -0.1) is 0 Å². The first-order chi connectivity index (χ1) is 12.9. The van der Waals surface area contributed by atoms with Gasteiger partial charge in [0, 0.05) is 0 Å². The van der Waals surface area contributed by atoms with Crippen molar-refractivity contribution in [2.75, 3.05) is 0 Å². The molecule has 0 aromatic heterocycles. The molecule has 0 radical (unpaired) electrons. The number of hydrogen-bond acceptors (Lipinski definition) is 0. The Kier molecular flexibility index (Phi) is 3.56. The molecule has 134 valence electrons. The Balaban J connectivity index is 1.21. The van der Waals surface area contributed by atoms with Crippen LogP contribution in [0.25, 0.3) is 6.08 Å². The highest BCUT2D eigenvalue weighted by Gasteiger charge is 2.43. The van der Waals surface area contributed by atoms with E-state index in [4.69, 9.17) is 0 Å². The standard InChI is InChI=1S/C26H30/c1-2-7-23-17(4-1)10-12-24-20(11-13-25(23)24)15-22-9-8-21-14-18-5-3-6-19(18)16-26(21)22/h1-2,4,7,10,12,14,16,20-22,24-26H,3,5-6,8-9,11,13,15H2. The van der Waals surface area contributed by atoms with Gasteiger partial charge in [-0.25, -0.2) is 0 Å². The first-order valence-corrected chi connectivity index (χ1v) is 11.1. The summed E-state index contributed by atoms with van der Waals surface area (Å²) in [6.45, 7) is 0. The van der Waals surface area contributed by atoms with Gasteiger partial charge < -0.3 is 0 Å². The summed E-state index contributed by atoms with van der Waals surface area (Å²) < 4.78 is 0. The highest BCUT2D eigenvalue weighted by Crippen LogP contribution is 2.54. The van der Waals surface area contributed by atoms with Crippen LogP contribution >= 0.6 is 0 Å². The van der Waals surface area contributed by atoms with E-state index in [1.807, 2.05) is 0 Å². The maximum Gasteiger partial charge on any atom is -0.00902 e. The zero-order valence-electron chi connectivity index (χ0n) is 15.7. The fourth-order valence-electron chi connectivity index (χ4n) is 7.17. The molecule has 0 nitrogen and oxygen atoms in total. The Morgan fingerprint density at radius 3 is 2.58 bits per heavy atom. The molecule has 0 heterocycles. The van der Waals surface area contributed by atoms with Gasteiger partial charge in [-0.2, -0.15) is 0 Å². The maximum absolute atomic E-state index is 2.74. The van der Waals surface area contributed by atoms with E-state index in [0.29, 0.717) is 0 Å². The Bertz CT molecular complexity index is 807. The van der Waals surface area contributed by atoms with Crippen LogP contribution in [0.3, 0.4) is 0 Å². The van der Waals surface area contributed by atoms with Gasteiger partial charge in [0.25, 0.3) is 0 Å². The average Bonchev–Trinajstić information content (AvgIpc) is 3.39. The van der Waals surface area contributed by atoms with Crippen LogP contribution in [0.15, 0.2) is 53.6 Å². The Labute approximate surface area is 158 Å². The lowest BCUT2D eigenvalue weighted by Crippen LogP contribution is -2.21. The van der Waals surface area contributed by atoms with Gasteiger partial charge in [-0.05, 0) is 109 Å². The predicted octanol–water partition coefficient (Wildman–Crippen LogP) is 6.91. The molecule has 3 saturated carbocycles. The van der Waals surface area contributed by atoms with Crippen LogP contribution in [0.5, 0.6) is 0 Å². The first kappa shape index (κ1) is 15.5. The Hall–Kier alpha value is -1.56. The van der Waals surface area contributed by atoms with Crippen molar-refractivity contribution < 1.29 is 0 Å². The summed E-state index contributed by atoms with van der Waals surface area (Å²) in [5, 5.41) is 0. The van der Waals surface area contributed by atoms with Gasteiger partial charge in [0.15, 0.2) is 0 Å². The third-order valence-electron chi connectivity index (χ3n) is 8.38. The molecule has 0 bridgehead atoms. The molecule has 0 aliphatic heterocycles. The molecular formula is C26H30. The fourth-order valence-corrected chi connectivity index (χ4v) is 7.17. The molecule has 1 aromatic carbocycles. The molecular weight excluding hydrogens is 312 g/mol. The molecule has 5 aliphatic rings. The van der Waals surface area contributed by atoms with Crippen LogP contribution in [0.1, 0.15) is 68.4 Å². The quantitative estimate of drug-likeness (QED) is 0.548. The summed E-state index contributed by atoms with van der Waals surface area (Å²) in [5.74, 6) is 5.20. The third kappa shape index (κ3) is 2.34. The second-order valence-corrected chi connectivity index (χ2v) is 9.56. The number of hydrogen-bond donors (Lipinski definition) is 0. The maximum atomic E-state index is 2.74. The van der Waals surface area contributed by atoms with Crippen molar-refractivity contribution >= 4 is 6.08 Å². The highest BCUT2D eigenvalue weighted by molar-refractivity contribution is 5.59. The minimum Gasteiger partial charge on any atom is -0.0799 e. The molecule has 3 fully saturated rings. The van der Waals surface area contributed by atoms with Gasteiger partial charge in [-0.3, -0.25) is 0 Å². The largest absolute Gasteiger partial charge is 0.0799 e. The first-order valence-electron chi connectivity index (χ1n) is 11.1. The van der Waals surface area contributed by atoms with Gasteiger partial charge in [-0.1, -0.05) is 48.6 Å². The van der Waals surface area contributed by atoms with Crippen LogP contribution in [0, 0.1) is 29.6 Å². The van der Waals surface area contributed by atoms with Gasteiger partial charge >= 0.3 is 0 Å². The zero-order chi connectivity index (χ0) is 17.1. The average molecular weight is 343 g/mol. The van der Waals surface area contributed by atoms with E-state index >= 15 is 0 Å². The molecule has 6 rings (SSSR count). The van der Waals surface area contributed by atoms with Crippen molar-refractivity contribution in [1.82, 2.24) is 0 Å². The minimum absolute atomic E-state index is 0.796. The highest BCUT2D eigenvalue weighted by atomic mass is 14.5. The van der Waals surface area contributed by atoms with Crippen molar-refractivity contribution in [2.24, 2.45) is 29.6 Å². The molecule has 0 amide bonds. The summed E-state index contributed by atoms with van der Waals surface area (Å²) in [6, 6.07) is 9.12. The lowest BCUT2D eigenvalue weighted by Gasteiger charge is -2.31. The van der Waals surface area contributed by atoms with Crippen molar-refractivity contribution in [3.8, 4) is 0 Å². The summed E-state index contributed by atoms with van der Waals surface area (Å²) in [4.78, 5) is 0. The normalized spacial score (nSPS) is 39.7. The van der Waals surface area contributed by atoms with E-state index in [1.165, 1.54) is 56.9 Å².